The lowest BCUT2D eigenvalue weighted by Gasteiger charge is -2.36. The topological polar surface area (TPSA) is 203 Å². The Morgan fingerprint density at radius 3 is 1.76 bits per heavy atom. The Morgan fingerprint density at radius 1 is 0.784 bits per heavy atom. The molecule has 0 bridgehead atoms. The van der Waals surface area contributed by atoms with E-state index in [2.05, 4.69) is 11.5 Å². The molecule has 0 radical (unpaired) electrons. The summed E-state index contributed by atoms with van der Waals surface area (Å²) in [6.07, 6.45) is 0. The summed E-state index contributed by atoms with van der Waals surface area (Å²) in [5, 5.41) is 37.2. The maximum atomic E-state index is 12.5. The molecule has 3 aromatic carbocycles. The molecule has 0 fully saturated rings. The van der Waals surface area contributed by atoms with Gasteiger partial charge in [-0.25, -0.2) is 4.79 Å². The molecule has 11 nitrogen and oxygen atoms in total. The molecule has 37 heavy (non-hydrogen) atoms. The van der Waals surface area contributed by atoms with Gasteiger partial charge in [-0.3, -0.25) is 9.59 Å². The highest BCUT2D eigenvalue weighted by atomic mass is 33.1. The van der Waals surface area contributed by atoms with Crippen LogP contribution in [0.1, 0.15) is 27.0 Å². The quantitative estimate of drug-likeness (QED) is 0.155. The van der Waals surface area contributed by atoms with Crippen LogP contribution in [0.15, 0.2) is 60.7 Å². The zero-order valence-electron chi connectivity index (χ0n) is 18.7. The average molecular weight is 545 g/mol. The number of aromatic hydroxyl groups is 2. The number of fused-ring (bicyclic) bond motifs is 6. The van der Waals surface area contributed by atoms with Crippen molar-refractivity contribution in [3.8, 4) is 23.0 Å². The Morgan fingerprint density at radius 2 is 1.27 bits per heavy atom. The van der Waals surface area contributed by atoms with E-state index in [1.165, 1.54) is 24.3 Å². The lowest BCUT2D eigenvalue weighted by molar-refractivity contribution is -0.122. The van der Waals surface area contributed by atoms with Gasteiger partial charge in [0.2, 0.25) is 0 Å². The van der Waals surface area contributed by atoms with Gasteiger partial charge in [0.05, 0.1) is 5.56 Å². The molecule has 0 aromatic heterocycles. The Kier molecular flexibility index (Phi) is 7.23. The van der Waals surface area contributed by atoms with E-state index in [1.54, 1.807) is 24.3 Å². The standard InChI is InChI=1S/C20H12O5.C4H8N2O4S2/c21-11-5-7-15-17(9-11)24-18-10-12(22)6-8-16(18)20(15)14-4-2-1-3-13(14)19(23)25-20;5-1(7)3(9)11-12-4(10)2(6)8/h1-10,21-22H;3-4,9-10H,(H2,5,7)(H2,6,8). The number of hydrogen-bond donors (Lipinski definition) is 6. The molecule has 0 aliphatic carbocycles. The second-order valence-corrected chi connectivity index (χ2v) is 10.2. The number of aliphatic hydroxyl groups excluding tert-OH is 2. The maximum absolute atomic E-state index is 12.5. The van der Waals surface area contributed by atoms with E-state index < -0.39 is 34.3 Å². The molecule has 13 heteroatoms. The number of benzene rings is 3. The number of ether oxygens (including phenoxy) is 2. The van der Waals surface area contributed by atoms with Crippen molar-refractivity contribution in [3.63, 3.8) is 0 Å². The Hall–Kier alpha value is -3.91. The van der Waals surface area contributed by atoms with E-state index in [0.29, 0.717) is 55.3 Å². The zero-order valence-corrected chi connectivity index (χ0v) is 20.4. The maximum Gasteiger partial charge on any atom is 0.340 e. The summed E-state index contributed by atoms with van der Waals surface area (Å²) in [4.78, 5) is 33.0. The van der Waals surface area contributed by atoms with Crippen LogP contribution in [0.5, 0.6) is 23.0 Å². The van der Waals surface area contributed by atoms with Gasteiger partial charge in [-0.15, -0.1) is 0 Å². The van der Waals surface area contributed by atoms with E-state index >= 15 is 0 Å². The Labute approximate surface area is 217 Å². The third kappa shape index (κ3) is 4.89. The second-order valence-electron chi connectivity index (χ2n) is 7.78. The highest BCUT2D eigenvalue weighted by Gasteiger charge is 2.53. The molecule has 0 saturated heterocycles. The van der Waals surface area contributed by atoms with Crippen LogP contribution in [0.2, 0.25) is 0 Å². The molecule has 2 atom stereocenters. The van der Waals surface area contributed by atoms with Crippen LogP contribution in [0.3, 0.4) is 0 Å². The number of esters is 1. The minimum absolute atomic E-state index is 0.0371. The van der Waals surface area contributed by atoms with Crippen LogP contribution in [-0.2, 0) is 19.9 Å². The largest absolute Gasteiger partial charge is 0.508 e. The van der Waals surface area contributed by atoms with Crippen molar-refractivity contribution in [1.29, 1.82) is 0 Å². The van der Waals surface area contributed by atoms with Crippen LogP contribution in [0, 0.1) is 0 Å². The molecule has 2 aliphatic rings. The van der Waals surface area contributed by atoms with Crippen LogP contribution in [-0.4, -0.2) is 49.1 Å². The van der Waals surface area contributed by atoms with Crippen molar-refractivity contribution in [1.82, 2.24) is 0 Å². The molecule has 2 heterocycles. The fraction of sp³-hybridized carbons (Fsp3) is 0.125. The van der Waals surface area contributed by atoms with Crippen molar-refractivity contribution in [2.24, 2.45) is 11.5 Å². The number of phenols is 2. The number of nitrogens with two attached hydrogens (primary N) is 2. The first-order chi connectivity index (χ1) is 17.5. The number of primary amides is 2. The average Bonchev–Trinajstić information content (AvgIpc) is 3.15. The number of carbonyl (C=O) groups is 3. The number of amides is 2. The predicted octanol–water partition coefficient (Wildman–Crippen LogP) is 1.64. The monoisotopic (exact) mass is 544 g/mol. The lowest BCUT2D eigenvalue weighted by Crippen LogP contribution is -2.32. The molecule has 1 spiro atoms. The van der Waals surface area contributed by atoms with Crippen LogP contribution < -0.4 is 16.2 Å². The van der Waals surface area contributed by atoms with Gasteiger partial charge < -0.3 is 41.4 Å². The normalized spacial score (nSPS) is 15.6. The molecule has 2 unspecified atom stereocenters. The fourth-order valence-corrected chi connectivity index (χ4v) is 5.45. The summed E-state index contributed by atoms with van der Waals surface area (Å²) in [6.45, 7) is 0. The second kappa shape index (κ2) is 10.2. The van der Waals surface area contributed by atoms with Gasteiger partial charge in [0, 0.05) is 28.8 Å². The summed E-state index contributed by atoms with van der Waals surface area (Å²) in [6, 6.07) is 16.6. The van der Waals surface area contributed by atoms with Crippen LogP contribution in [0.25, 0.3) is 0 Å². The van der Waals surface area contributed by atoms with Crippen LogP contribution >= 0.6 is 21.6 Å². The van der Waals surface area contributed by atoms with Gasteiger partial charge in [0.25, 0.3) is 11.8 Å². The fourth-order valence-electron chi connectivity index (χ4n) is 3.85. The van der Waals surface area contributed by atoms with Crippen molar-refractivity contribution in [2.75, 3.05) is 0 Å². The molecule has 0 saturated carbocycles. The molecule has 2 aliphatic heterocycles. The molecule has 2 amide bonds. The van der Waals surface area contributed by atoms with Gasteiger partial charge >= 0.3 is 5.97 Å². The first kappa shape index (κ1) is 26.2. The third-order valence-electron chi connectivity index (χ3n) is 5.41. The van der Waals surface area contributed by atoms with Gasteiger partial charge in [-0.2, -0.15) is 0 Å². The van der Waals surface area contributed by atoms with Crippen molar-refractivity contribution >= 4 is 39.4 Å². The lowest BCUT2D eigenvalue weighted by atomic mass is 9.77. The van der Waals surface area contributed by atoms with E-state index in [9.17, 15) is 24.6 Å². The van der Waals surface area contributed by atoms with E-state index in [1.807, 2.05) is 12.1 Å². The van der Waals surface area contributed by atoms with Gasteiger partial charge in [0.1, 0.15) is 23.0 Å². The van der Waals surface area contributed by atoms with E-state index in [-0.39, 0.29) is 11.5 Å². The van der Waals surface area contributed by atoms with E-state index in [4.69, 9.17) is 19.7 Å². The van der Waals surface area contributed by atoms with Gasteiger partial charge in [-0.1, -0.05) is 18.2 Å². The number of rotatable bonds is 5. The molecule has 8 N–H and O–H groups in total. The third-order valence-corrected chi connectivity index (χ3v) is 7.77. The first-order valence-corrected chi connectivity index (χ1v) is 12.8. The summed E-state index contributed by atoms with van der Waals surface area (Å²) in [5.74, 6) is -1.47. The van der Waals surface area contributed by atoms with Gasteiger partial charge in [0.15, 0.2) is 16.5 Å². The summed E-state index contributed by atoms with van der Waals surface area (Å²) < 4.78 is 11.8. The molecule has 3 aromatic rings. The van der Waals surface area contributed by atoms with Gasteiger partial charge in [-0.05, 0) is 51.9 Å². The minimum Gasteiger partial charge on any atom is -0.508 e. The molecule has 5 rings (SSSR count). The number of carbonyl (C=O) groups excluding carboxylic acids is 3. The Balaban J connectivity index is 0.000000229. The van der Waals surface area contributed by atoms with Crippen LogP contribution in [0.4, 0.5) is 0 Å². The molecule has 192 valence electrons. The SMILES string of the molecule is NC(=O)C(O)SSC(O)C(N)=O.O=C1OC2(c3ccc(O)cc3Oc3cc(O)ccc32)c2ccccc21. The number of hydrogen-bond acceptors (Lipinski definition) is 11. The van der Waals surface area contributed by atoms with E-state index in [0.717, 1.165) is 0 Å². The molecular weight excluding hydrogens is 524 g/mol. The van der Waals surface area contributed by atoms with Crippen molar-refractivity contribution in [3.05, 3.63) is 82.9 Å². The summed E-state index contributed by atoms with van der Waals surface area (Å²) >= 11 is 0. The number of phenolic OH excluding ortho intramolecular Hbond substituents is 2. The summed E-state index contributed by atoms with van der Waals surface area (Å²) in [5.41, 5.74) is 7.73. The van der Waals surface area contributed by atoms with Crippen molar-refractivity contribution < 1.29 is 44.3 Å². The highest BCUT2D eigenvalue weighted by Crippen LogP contribution is 2.56. The van der Waals surface area contributed by atoms with Crippen molar-refractivity contribution in [2.45, 2.75) is 16.5 Å². The zero-order chi connectivity index (χ0) is 26.9. The Bertz CT molecular complexity index is 1330. The smallest absolute Gasteiger partial charge is 0.340 e. The number of aliphatic hydroxyl groups is 2. The highest BCUT2D eigenvalue weighted by molar-refractivity contribution is 8.77. The molecular formula is C24H20N2O9S2. The minimum atomic E-state index is -1.45. The summed E-state index contributed by atoms with van der Waals surface area (Å²) in [7, 11) is 1.14. The first-order valence-electron chi connectivity index (χ1n) is 10.5. The predicted molar refractivity (Wildman–Crippen MR) is 134 cm³/mol.